The molecule has 0 saturated heterocycles. The van der Waals surface area contributed by atoms with Gasteiger partial charge >= 0.3 is 0 Å². The summed E-state index contributed by atoms with van der Waals surface area (Å²) in [6.07, 6.45) is 0.924. The number of ether oxygens (including phenoxy) is 1. The summed E-state index contributed by atoms with van der Waals surface area (Å²) in [4.78, 5) is 0. The maximum absolute atomic E-state index is 5.28. The van der Waals surface area contributed by atoms with Crippen molar-refractivity contribution in [2.24, 2.45) is 0 Å². The van der Waals surface area contributed by atoms with Gasteiger partial charge in [0.05, 0.1) is 12.8 Å². The highest BCUT2D eigenvalue weighted by atomic mass is 32.1. The molecule has 2 aromatic rings. The van der Waals surface area contributed by atoms with Gasteiger partial charge in [0.1, 0.15) is 5.75 Å². The van der Waals surface area contributed by atoms with Crippen LogP contribution < -0.4 is 26.2 Å². The van der Waals surface area contributed by atoms with Crippen molar-refractivity contribution in [3.05, 3.63) is 54.1 Å². The van der Waals surface area contributed by atoms with E-state index in [1.165, 1.54) is 5.56 Å². The molecule has 0 unspecified atom stereocenters. The van der Waals surface area contributed by atoms with Crippen LogP contribution in [0.5, 0.6) is 5.75 Å². The number of anilines is 2. The Morgan fingerprint density at radius 1 is 0.875 bits per heavy atom. The van der Waals surface area contributed by atoms with Crippen LogP contribution in [0.2, 0.25) is 0 Å². The largest absolute Gasteiger partial charge is 0.495 e. The second kappa shape index (κ2) is 9.05. The molecule has 0 saturated carbocycles. The van der Waals surface area contributed by atoms with Gasteiger partial charge in [-0.3, -0.25) is 10.9 Å². The topological polar surface area (TPSA) is 57.3 Å². The van der Waals surface area contributed by atoms with Crippen LogP contribution in [-0.2, 0) is 6.42 Å². The average Bonchev–Trinajstić information content (AvgIpc) is 2.61. The molecule has 0 radical (unpaired) electrons. The zero-order valence-corrected chi connectivity index (χ0v) is 15.2. The summed E-state index contributed by atoms with van der Waals surface area (Å²) in [5.41, 5.74) is 8.66. The molecular formula is C17H20N4OS2. The first-order valence-electron chi connectivity index (χ1n) is 7.49. The third kappa shape index (κ3) is 5.07. The lowest BCUT2D eigenvalue weighted by Gasteiger charge is -2.16. The second-order valence-electron chi connectivity index (χ2n) is 4.87. The van der Waals surface area contributed by atoms with Gasteiger partial charge in [-0.1, -0.05) is 37.3 Å². The molecule has 0 bridgehead atoms. The van der Waals surface area contributed by atoms with Crippen molar-refractivity contribution >= 4 is 46.0 Å². The Labute approximate surface area is 152 Å². The average molecular weight is 361 g/mol. The monoisotopic (exact) mass is 360 g/mol. The van der Waals surface area contributed by atoms with E-state index in [9.17, 15) is 0 Å². The van der Waals surface area contributed by atoms with E-state index < -0.39 is 0 Å². The smallest absolute Gasteiger partial charge is 0.189 e. The summed E-state index contributed by atoms with van der Waals surface area (Å²) >= 11 is 10.5. The molecule has 0 aliphatic rings. The molecule has 0 aliphatic carbocycles. The molecule has 0 aromatic heterocycles. The van der Waals surface area contributed by atoms with E-state index >= 15 is 0 Å². The predicted molar refractivity (Wildman–Crippen MR) is 108 cm³/mol. The van der Waals surface area contributed by atoms with Crippen molar-refractivity contribution in [1.29, 1.82) is 0 Å². The van der Waals surface area contributed by atoms with Crippen molar-refractivity contribution in [2.75, 3.05) is 17.7 Å². The lowest BCUT2D eigenvalue weighted by molar-refractivity contribution is 0.417. The van der Waals surface area contributed by atoms with Crippen LogP contribution >= 0.6 is 24.4 Å². The van der Waals surface area contributed by atoms with Gasteiger partial charge in [0.25, 0.3) is 0 Å². The molecule has 4 N–H and O–H groups in total. The van der Waals surface area contributed by atoms with Crippen LogP contribution in [0.1, 0.15) is 12.5 Å². The van der Waals surface area contributed by atoms with Gasteiger partial charge in [-0.25, -0.2) is 0 Å². The maximum Gasteiger partial charge on any atom is 0.189 e. The molecule has 7 heteroatoms. The van der Waals surface area contributed by atoms with Crippen LogP contribution in [-0.4, -0.2) is 17.3 Å². The molecule has 0 spiro atoms. The van der Waals surface area contributed by atoms with Crippen molar-refractivity contribution in [1.82, 2.24) is 10.9 Å². The number of hydrogen-bond acceptors (Lipinski definition) is 3. The third-order valence-electron chi connectivity index (χ3n) is 3.29. The molecule has 5 nitrogen and oxygen atoms in total. The van der Waals surface area contributed by atoms with Crippen LogP contribution in [0.25, 0.3) is 0 Å². The third-order valence-corrected chi connectivity index (χ3v) is 3.70. The normalized spacial score (nSPS) is 9.75. The van der Waals surface area contributed by atoms with Crippen LogP contribution in [0.3, 0.4) is 0 Å². The van der Waals surface area contributed by atoms with Crippen LogP contribution in [0, 0.1) is 0 Å². The van der Waals surface area contributed by atoms with E-state index in [2.05, 4.69) is 34.5 Å². The van der Waals surface area contributed by atoms with Crippen molar-refractivity contribution < 1.29 is 4.74 Å². The highest BCUT2D eigenvalue weighted by Crippen LogP contribution is 2.22. The minimum Gasteiger partial charge on any atom is -0.495 e. The molecule has 0 atom stereocenters. The fourth-order valence-electron chi connectivity index (χ4n) is 2.12. The first-order chi connectivity index (χ1) is 11.6. The number of hydrazine groups is 1. The van der Waals surface area contributed by atoms with Gasteiger partial charge in [0, 0.05) is 5.69 Å². The summed E-state index contributed by atoms with van der Waals surface area (Å²) in [5.74, 6) is 0.708. The molecule has 0 fully saturated rings. The maximum atomic E-state index is 5.28. The molecule has 2 aromatic carbocycles. The van der Waals surface area contributed by atoms with Gasteiger partial charge in [0.15, 0.2) is 10.2 Å². The summed E-state index contributed by atoms with van der Waals surface area (Å²) in [7, 11) is 1.61. The molecule has 0 heterocycles. The SMILES string of the molecule is CCc1ccccc1NC(=S)NNC(=S)Nc1ccccc1OC. The fourth-order valence-corrected chi connectivity index (χ4v) is 2.44. The molecule has 24 heavy (non-hydrogen) atoms. The van der Waals surface area contributed by atoms with E-state index in [4.69, 9.17) is 29.2 Å². The number of thiocarbonyl (C=S) groups is 2. The summed E-state index contributed by atoms with van der Waals surface area (Å²) in [6, 6.07) is 15.5. The number of aryl methyl sites for hydroxylation is 1. The minimum atomic E-state index is 0.382. The first-order valence-corrected chi connectivity index (χ1v) is 8.30. The Morgan fingerprint density at radius 2 is 1.42 bits per heavy atom. The van der Waals surface area contributed by atoms with Gasteiger partial charge < -0.3 is 15.4 Å². The highest BCUT2D eigenvalue weighted by Gasteiger charge is 2.05. The van der Waals surface area contributed by atoms with Gasteiger partial charge in [0.2, 0.25) is 0 Å². The molecule has 126 valence electrons. The Kier molecular flexibility index (Phi) is 6.77. The highest BCUT2D eigenvalue weighted by molar-refractivity contribution is 7.81. The summed E-state index contributed by atoms with van der Waals surface area (Å²) < 4.78 is 5.27. The van der Waals surface area contributed by atoms with Gasteiger partial charge in [-0.2, -0.15) is 0 Å². The van der Waals surface area contributed by atoms with E-state index in [0.29, 0.717) is 16.0 Å². The zero-order chi connectivity index (χ0) is 17.4. The number of rotatable bonds is 4. The Hall–Kier alpha value is -2.38. The van der Waals surface area contributed by atoms with Crippen molar-refractivity contribution in [3.63, 3.8) is 0 Å². The Morgan fingerprint density at radius 3 is 2.04 bits per heavy atom. The lowest BCUT2D eigenvalue weighted by Crippen LogP contribution is -2.45. The van der Waals surface area contributed by atoms with Gasteiger partial charge in [-0.05, 0) is 54.6 Å². The fraction of sp³-hybridized carbons (Fsp3) is 0.176. The Bertz CT molecular complexity index is 660. The predicted octanol–water partition coefficient (Wildman–Crippen LogP) is 3.45. The second-order valence-corrected chi connectivity index (χ2v) is 5.69. The van der Waals surface area contributed by atoms with E-state index in [1.807, 2.05) is 42.5 Å². The number of hydrogen-bond donors (Lipinski definition) is 4. The molecule has 0 aliphatic heterocycles. The molecular weight excluding hydrogens is 340 g/mol. The van der Waals surface area contributed by atoms with E-state index in [0.717, 1.165) is 17.8 Å². The Balaban J connectivity index is 1.86. The van der Waals surface area contributed by atoms with Crippen LogP contribution in [0.4, 0.5) is 11.4 Å². The molecule has 2 rings (SSSR count). The quantitative estimate of drug-likeness (QED) is 0.492. The van der Waals surface area contributed by atoms with Crippen molar-refractivity contribution in [3.8, 4) is 5.75 Å². The summed E-state index contributed by atoms with van der Waals surface area (Å²) in [6.45, 7) is 2.10. The van der Waals surface area contributed by atoms with Gasteiger partial charge in [-0.15, -0.1) is 0 Å². The number of benzene rings is 2. The molecule has 0 amide bonds. The number of methoxy groups -OCH3 is 1. The van der Waals surface area contributed by atoms with Crippen LogP contribution in [0.15, 0.2) is 48.5 Å². The number of nitrogens with one attached hydrogen (secondary N) is 4. The minimum absolute atomic E-state index is 0.382. The van der Waals surface area contributed by atoms with E-state index in [-0.39, 0.29) is 0 Å². The number of para-hydroxylation sites is 3. The first kappa shape index (κ1) is 18.0. The van der Waals surface area contributed by atoms with E-state index in [1.54, 1.807) is 7.11 Å². The lowest BCUT2D eigenvalue weighted by atomic mass is 10.1. The summed E-state index contributed by atoms with van der Waals surface area (Å²) in [5, 5.41) is 7.01. The zero-order valence-electron chi connectivity index (χ0n) is 13.6. The standard InChI is InChI=1S/C17H20N4OS2/c1-3-12-8-4-5-9-13(12)18-16(23)20-21-17(24)19-14-10-6-7-11-15(14)22-2/h4-11H,3H2,1-2H3,(H2,18,20,23)(H2,19,21,24). The van der Waals surface area contributed by atoms with Crippen molar-refractivity contribution in [2.45, 2.75) is 13.3 Å².